The molecule has 6 nitrogen and oxygen atoms in total. The van der Waals surface area contributed by atoms with E-state index in [1.165, 1.54) is 16.7 Å². The van der Waals surface area contributed by atoms with Gasteiger partial charge in [0, 0.05) is 54.2 Å². The molecule has 0 bridgehead atoms. The number of amides is 3. The lowest BCUT2D eigenvalue weighted by Crippen LogP contribution is -2.45. The topological polar surface area (TPSA) is 78.7 Å². The van der Waals surface area contributed by atoms with Gasteiger partial charge in [-0.3, -0.25) is 4.79 Å². The maximum absolute atomic E-state index is 13.1. The number of benzene rings is 1. The summed E-state index contributed by atoms with van der Waals surface area (Å²) < 4.78 is 1.04. The summed E-state index contributed by atoms with van der Waals surface area (Å²) in [6.45, 7) is 2.90. The monoisotopic (exact) mass is 558 g/mol. The van der Waals surface area contributed by atoms with Crippen molar-refractivity contribution >= 4 is 45.5 Å². The molecule has 1 aromatic carbocycles. The number of fused-ring (bicyclic) bond motifs is 2. The first-order valence-corrected chi connectivity index (χ1v) is 13.7. The summed E-state index contributed by atoms with van der Waals surface area (Å²) in [6, 6.07) is 6.07. The van der Waals surface area contributed by atoms with Gasteiger partial charge in [0.2, 0.25) is 5.91 Å². The summed E-state index contributed by atoms with van der Waals surface area (Å²) in [4.78, 5) is 28.2. The second-order valence-corrected chi connectivity index (χ2v) is 11.5. The maximum Gasteiger partial charge on any atom is 0.314 e. The summed E-state index contributed by atoms with van der Waals surface area (Å²) in [7, 11) is 0. The van der Waals surface area contributed by atoms with E-state index in [1.54, 1.807) is 4.90 Å². The predicted molar refractivity (Wildman–Crippen MR) is 143 cm³/mol. The zero-order chi connectivity index (χ0) is 24.5. The number of dihydropyridines is 1. The van der Waals surface area contributed by atoms with E-state index in [-0.39, 0.29) is 18.0 Å². The molecule has 3 aliphatic heterocycles. The highest BCUT2D eigenvalue weighted by atomic mass is 79.9. The Morgan fingerprint density at radius 2 is 1.77 bits per heavy atom. The Morgan fingerprint density at radius 3 is 2.49 bits per heavy atom. The van der Waals surface area contributed by atoms with E-state index in [0.717, 1.165) is 48.3 Å². The number of halogens is 2. The number of nitrogens with two attached hydrogens (primary N) is 1. The zero-order valence-electron chi connectivity index (χ0n) is 19.8. The fourth-order valence-electron chi connectivity index (χ4n) is 6.15. The molecule has 186 valence electrons. The molecule has 35 heavy (non-hydrogen) atoms. The quantitative estimate of drug-likeness (QED) is 0.547. The second kappa shape index (κ2) is 10.4. The Hall–Kier alpha value is -2.25. The van der Waals surface area contributed by atoms with Crippen LogP contribution in [0.1, 0.15) is 49.1 Å². The predicted octanol–water partition coefficient (Wildman–Crippen LogP) is 5.00. The highest BCUT2D eigenvalue weighted by Gasteiger charge is 2.38. The smallest absolute Gasteiger partial charge is 0.314 e. The van der Waals surface area contributed by atoms with Gasteiger partial charge in [0.25, 0.3) is 0 Å². The molecule has 3 N–H and O–H groups in total. The van der Waals surface area contributed by atoms with Gasteiger partial charge in [-0.1, -0.05) is 29.8 Å². The molecule has 5 rings (SSSR count). The number of hydrogen-bond donors (Lipinski definition) is 2. The SMILES string of the molecule is NC(=O)N1CCC(CC(=O)N2CCC(C3c4ccc(Cl)cc4C=CC4=CC(Br)=CNC43)CC2)CC1. The van der Waals surface area contributed by atoms with E-state index in [1.807, 2.05) is 12.3 Å². The first kappa shape index (κ1) is 24.4. The van der Waals surface area contributed by atoms with E-state index < -0.39 is 0 Å². The molecule has 8 heteroatoms. The third-order valence-electron chi connectivity index (χ3n) is 8.08. The van der Waals surface area contributed by atoms with Crippen LogP contribution < -0.4 is 11.1 Å². The number of carbonyl (C=O) groups excluding carboxylic acids is 2. The molecule has 1 aromatic rings. The molecule has 0 spiro atoms. The number of carbonyl (C=O) groups is 2. The van der Waals surface area contributed by atoms with Gasteiger partial charge in [0.15, 0.2) is 0 Å². The molecular weight excluding hydrogens is 528 g/mol. The van der Waals surface area contributed by atoms with Crippen LogP contribution in [0.2, 0.25) is 5.02 Å². The second-order valence-electron chi connectivity index (χ2n) is 10.1. The van der Waals surface area contributed by atoms with Crippen LogP contribution in [0.5, 0.6) is 0 Å². The molecule has 1 aliphatic carbocycles. The minimum atomic E-state index is -0.359. The average Bonchev–Trinajstić information content (AvgIpc) is 3.00. The van der Waals surface area contributed by atoms with Crippen molar-refractivity contribution in [3.8, 4) is 0 Å². The number of primary amides is 1. The van der Waals surface area contributed by atoms with Gasteiger partial charge >= 0.3 is 6.03 Å². The third-order valence-corrected chi connectivity index (χ3v) is 8.77. The van der Waals surface area contributed by atoms with E-state index in [9.17, 15) is 9.59 Å². The molecule has 2 atom stereocenters. The number of allylic oxidation sites excluding steroid dienone is 2. The van der Waals surface area contributed by atoms with Crippen LogP contribution in [0.25, 0.3) is 6.08 Å². The summed E-state index contributed by atoms with van der Waals surface area (Å²) in [6.07, 6.45) is 12.8. The molecule has 0 aromatic heterocycles. The van der Waals surface area contributed by atoms with Gasteiger partial charge in [-0.05, 0) is 88.4 Å². The van der Waals surface area contributed by atoms with Crippen LogP contribution in [0.15, 0.2) is 46.6 Å². The maximum atomic E-state index is 13.1. The Morgan fingerprint density at radius 1 is 1.06 bits per heavy atom. The van der Waals surface area contributed by atoms with Crippen LogP contribution >= 0.6 is 27.5 Å². The fourth-order valence-corrected chi connectivity index (χ4v) is 6.72. The lowest BCUT2D eigenvalue weighted by atomic mass is 9.73. The number of likely N-dealkylation sites (tertiary alicyclic amines) is 2. The van der Waals surface area contributed by atoms with Crippen LogP contribution in [0.3, 0.4) is 0 Å². The zero-order valence-corrected chi connectivity index (χ0v) is 22.1. The van der Waals surface area contributed by atoms with Crippen molar-refractivity contribution in [1.82, 2.24) is 15.1 Å². The van der Waals surface area contributed by atoms with Gasteiger partial charge in [-0.15, -0.1) is 0 Å². The minimum Gasteiger partial charge on any atom is -0.383 e. The van der Waals surface area contributed by atoms with Gasteiger partial charge in [-0.25, -0.2) is 4.79 Å². The Balaban J connectivity index is 1.26. The van der Waals surface area contributed by atoms with Gasteiger partial charge in [-0.2, -0.15) is 0 Å². The van der Waals surface area contributed by atoms with Crippen molar-refractivity contribution in [3.63, 3.8) is 0 Å². The number of piperidine rings is 2. The number of rotatable bonds is 3. The van der Waals surface area contributed by atoms with Crippen LogP contribution in [-0.4, -0.2) is 54.0 Å². The Kier molecular flexibility index (Phi) is 7.26. The van der Waals surface area contributed by atoms with Gasteiger partial charge < -0.3 is 20.9 Å². The van der Waals surface area contributed by atoms with E-state index in [0.29, 0.717) is 37.3 Å². The average molecular weight is 560 g/mol. The number of nitrogens with zero attached hydrogens (tertiary/aromatic N) is 2. The summed E-state index contributed by atoms with van der Waals surface area (Å²) in [5.41, 5.74) is 9.15. The molecule has 2 fully saturated rings. The van der Waals surface area contributed by atoms with Crippen LogP contribution in [0.4, 0.5) is 4.79 Å². The highest BCUT2D eigenvalue weighted by Crippen LogP contribution is 2.43. The standard InChI is InChI=1S/C27H32BrClN4O2/c28-21-14-20-2-1-19-15-22(29)3-4-23(19)25(26(20)31-16-21)18-7-11-32(12-8-18)24(34)13-17-5-9-33(10-6-17)27(30)35/h1-4,14-18,25-26,31H,5-13H2,(H2,30,35). The number of nitrogens with one attached hydrogen (secondary N) is 1. The molecule has 2 saturated heterocycles. The summed E-state index contributed by atoms with van der Waals surface area (Å²) in [5, 5.41) is 4.38. The van der Waals surface area contributed by atoms with Crippen LogP contribution in [0, 0.1) is 11.8 Å². The van der Waals surface area contributed by atoms with E-state index >= 15 is 0 Å². The van der Waals surface area contributed by atoms with Crippen molar-refractivity contribution in [2.45, 2.75) is 44.1 Å². The minimum absolute atomic E-state index is 0.192. The molecular formula is C27H32BrClN4O2. The Bertz CT molecular complexity index is 1080. The van der Waals surface area contributed by atoms with Gasteiger partial charge in [0.1, 0.15) is 0 Å². The lowest BCUT2D eigenvalue weighted by molar-refractivity contribution is -0.134. The molecule has 3 heterocycles. The lowest BCUT2D eigenvalue weighted by Gasteiger charge is -2.41. The first-order valence-electron chi connectivity index (χ1n) is 12.5. The van der Waals surface area contributed by atoms with Crippen molar-refractivity contribution in [1.29, 1.82) is 0 Å². The van der Waals surface area contributed by atoms with Crippen LogP contribution in [-0.2, 0) is 4.79 Å². The fraction of sp³-hybridized carbons (Fsp3) is 0.481. The van der Waals surface area contributed by atoms with E-state index in [4.69, 9.17) is 17.3 Å². The molecule has 2 unspecified atom stereocenters. The van der Waals surface area contributed by atoms with E-state index in [2.05, 4.69) is 56.5 Å². The molecule has 4 aliphatic rings. The molecule has 3 amide bonds. The first-order chi connectivity index (χ1) is 16.9. The Labute approximate surface area is 220 Å². The summed E-state index contributed by atoms with van der Waals surface area (Å²) >= 11 is 9.96. The largest absolute Gasteiger partial charge is 0.383 e. The number of hydrogen-bond acceptors (Lipinski definition) is 3. The van der Waals surface area contributed by atoms with Crippen molar-refractivity contribution < 1.29 is 9.59 Å². The van der Waals surface area contributed by atoms with Gasteiger partial charge in [0.05, 0.1) is 6.04 Å². The van der Waals surface area contributed by atoms with Crippen molar-refractivity contribution in [2.75, 3.05) is 26.2 Å². The summed E-state index contributed by atoms with van der Waals surface area (Å²) in [5.74, 6) is 1.35. The normalized spacial score (nSPS) is 25.1. The number of urea groups is 1. The van der Waals surface area contributed by atoms with Crippen molar-refractivity contribution in [2.24, 2.45) is 17.6 Å². The highest BCUT2D eigenvalue weighted by molar-refractivity contribution is 9.11. The third kappa shape index (κ3) is 5.31. The molecule has 0 saturated carbocycles. The van der Waals surface area contributed by atoms with Crippen molar-refractivity contribution in [3.05, 3.63) is 62.8 Å². The molecule has 0 radical (unpaired) electrons.